The second-order valence-corrected chi connectivity index (χ2v) is 8.95. The fourth-order valence-corrected chi connectivity index (χ4v) is 5.04. The lowest BCUT2D eigenvalue weighted by Gasteiger charge is -2.13. The van der Waals surface area contributed by atoms with Gasteiger partial charge in [-0.15, -0.1) is 0 Å². The first kappa shape index (κ1) is 20.7. The number of nitro benzene ring substituents is 1. The Morgan fingerprint density at radius 2 is 2.23 bits per heavy atom. The van der Waals surface area contributed by atoms with E-state index >= 15 is 0 Å². The van der Waals surface area contributed by atoms with Gasteiger partial charge >= 0.3 is 6.09 Å². The number of allylic oxidation sites excluding steroid dienone is 1. The molecule has 1 heterocycles. The van der Waals surface area contributed by atoms with Gasteiger partial charge in [-0.2, -0.15) is 0 Å². The number of anilines is 1. The van der Waals surface area contributed by atoms with E-state index in [-0.39, 0.29) is 40.2 Å². The van der Waals surface area contributed by atoms with Crippen LogP contribution < -0.4 is 10.6 Å². The Kier molecular flexibility index (Phi) is 5.96. The molecule has 1 saturated heterocycles. The van der Waals surface area contributed by atoms with Gasteiger partial charge in [0.1, 0.15) is 5.02 Å². The first-order valence-electron chi connectivity index (χ1n) is 9.50. The van der Waals surface area contributed by atoms with Crippen LogP contribution in [0.25, 0.3) is 0 Å². The molecule has 11 heteroatoms. The third-order valence-corrected chi connectivity index (χ3v) is 6.79. The van der Waals surface area contributed by atoms with Crippen molar-refractivity contribution in [1.29, 1.82) is 0 Å². The van der Waals surface area contributed by atoms with Crippen LogP contribution in [0.3, 0.4) is 0 Å². The molecule has 1 saturated carbocycles. The number of carbonyl (C=O) groups is 2. The highest BCUT2D eigenvalue weighted by Crippen LogP contribution is 2.41. The lowest BCUT2D eigenvalue weighted by atomic mass is 10.0. The fraction of sp³-hybridized carbons (Fsp3) is 0.421. The van der Waals surface area contributed by atoms with Gasteiger partial charge in [0, 0.05) is 12.5 Å². The van der Waals surface area contributed by atoms with Gasteiger partial charge in [0.15, 0.2) is 5.17 Å². The molecule has 30 heavy (non-hydrogen) atoms. The van der Waals surface area contributed by atoms with E-state index in [1.807, 2.05) is 0 Å². The van der Waals surface area contributed by atoms with Crippen LogP contribution in [0, 0.1) is 22.0 Å². The van der Waals surface area contributed by atoms with E-state index in [4.69, 9.17) is 21.3 Å². The number of hydrogen-bond acceptors (Lipinski definition) is 7. The maximum absolute atomic E-state index is 12.2. The van der Waals surface area contributed by atoms with Crippen LogP contribution in [0.4, 0.5) is 16.2 Å². The summed E-state index contributed by atoms with van der Waals surface area (Å²) in [5.41, 5.74) is -0.121. The van der Waals surface area contributed by atoms with Crippen molar-refractivity contribution in [3.63, 3.8) is 0 Å². The number of nitrogens with one attached hydrogen (secondary N) is 2. The Hall–Kier alpha value is -2.59. The Bertz CT molecular complexity index is 953. The van der Waals surface area contributed by atoms with Gasteiger partial charge in [0.05, 0.1) is 28.5 Å². The zero-order valence-electron chi connectivity index (χ0n) is 15.7. The van der Waals surface area contributed by atoms with Gasteiger partial charge < -0.3 is 10.1 Å². The van der Waals surface area contributed by atoms with Crippen molar-refractivity contribution >= 4 is 51.9 Å². The van der Waals surface area contributed by atoms with Gasteiger partial charge in [0.2, 0.25) is 5.91 Å². The average molecular weight is 451 g/mol. The Morgan fingerprint density at radius 3 is 2.93 bits per heavy atom. The number of fused-ring (bicyclic) bond motifs is 2. The number of ether oxygens (including phenoxy) is 1. The van der Waals surface area contributed by atoms with Crippen molar-refractivity contribution < 1.29 is 19.2 Å². The predicted molar refractivity (Wildman–Crippen MR) is 114 cm³/mol. The molecule has 1 aromatic rings. The van der Waals surface area contributed by atoms with Gasteiger partial charge in [-0.25, -0.2) is 4.79 Å². The Labute approximate surface area is 181 Å². The molecule has 2 bridgehead atoms. The lowest BCUT2D eigenvalue weighted by Crippen LogP contribution is -2.27. The van der Waals surface area contributed by atoms with Crippen LogP contribution in [-0.4, -0.2) is 40.0 Å². The van der Waals surface area contributed by atoms with Crippen LogP contribution in [-0.2, 0) is 9.53 Å². The second kappa shape index (κ2) is 8.65. The van der Waals surface area contributed by atoms with Gasteiger partial charge in [-0.1, -0.05) is 35.5 Å². The molecule has 2 N–H and O–H groups in total. The van der Waals surface area contributed by atoms with Crippen LogP contribution in [0.5, 0.6) is 0 Å². The van der Waals surface area contributed by atoms with Crippen molar-refractivity contribution in [2.45, 2.75) is 30.6 Å². The standard InChI is InChI=1S/C19H19ClN4O5S/c20-13-4-3-12(9-15(13)24(27)28)21-19(26)29-6-5-16-17(25)23-18(30-16)22-14-8-10-1-2-11(14)7-10/h1-4,9-11,14,16H,5-8H2,(H,21,26)(H,22,23,25). The summed E-state index contributed by atoms with van der Waals surface area (Å²) >= 11 is 7.10. The number of amidine groups is 1. The molecule has 2 amide bonds. The maximum Gasteiger partial charge on any atom is 0.411 e. The van der Waals surface area contributed by atoms with E-state index < -0.39 is 11.0 Å². The number of nitrogens with zero attached hydrogens (tertiary/aromatic N) is 2. The number of rotatable bonds is 6. The topological polar surface area (TPSA) is 123 Å². The normalized spacial score (nSPS) is 28.0. The molecule has 4 atom stereocenters. The summed E-state index contributed by atoms with van der Waals surface area (Å²) in [7, 11) is 0. The second-order valence-electron chi connectivity index (χ2n) is 7.35. The van der Waals surface area contributed by atoms with Crippen molar-refractivity contribution in [1.82, 2.24) is 5.32 Å². The van der Waals surface area contributed by atoms with Gasteiger partial charge in [-0.3, -0.25) is 25.2 Å². The monoisotopic (exact) mass is 450 g/mol. The molecular weight excluding hydrogens is 432 g/mol. The molecule has 0 spiro atoms. The first-order chi connectivity index (χ1) is 14.4. The molecule has 0 radical (unpaired) electrons. The molecule has 9 nitrogen and oxygen atoms in total. The van der Waals surface area contributed by atoms with Gasteiger partial charge in [0.25, 0.3) is 5.69 Å². The third kappa shape index (κ3) is 4.59. The fourth-order valence-electron chi connectivity index (χ4n) is 3.85. The molecule has 0 aromatic heterocycles. The summed E-state index contributed by atoms with van der Waals surface area (Å²) in [5.74, 6) is 0.931. The molecule has 1 aromatic carbocycles. The summed E-state index contributed by atoms with van der Waals surface area (Å²) in [6, 6.07) is 4.14. The summed E-state index contributed by atoms with van der Waals surface area (Å²) in [5, 5.41) is 16.4. The maximum atomic E-state index is 12.2. The number of benzene rings is 1. The summed E-state index contributed by atoms with van der Waals surface area (Å²) in [4.78, 5) is 39.1. The number of thioether (sulfide) groups is 1. The van der Waals surface area contributed by atoms with Crippen LogP contribution in [0.2, 0.25) is 5.02 Å². The SMILES string of the molecule is O=C(Nc1ccc(Cl)c([N+](=O)[O-])c1)OCCC1SC(=NC2CC3C=CC2C3)NC1=O. The highest BCUT2D eigenvalue weighted by Gasteiger charge is 2.37. The summed E-state index contributed by atoms with van der Waals surface area (Å²) in [6.07, 6.45) is 6.19. The number of amides is 2. The summed E-state index contributed by atoms with van der Waals surface area (Å²) in [6.45, 7) is 0.0246. The van der Waals surface area contributed by atoms with Crippen molar-refractivity contribution in [3.8, 4) is 0 Å². The first-order valence-corrected chi connectivity index (χ1v) is 10.8. The summed E-state index contributed by atoms with van der Waals surface area (Å²) < 4.78 is 5.10. The average Bonchev–Trinajstić information content (AvgIpc) is 3.39. The largest absolute Gasteiger partial charge is 0.449 e. The molecular formula is C19H19ClN4O5S. The molecule has 2 fully saturated rings. The van der Waals surface area contributed by atoms with Crippen LogP contribution in [0.1, 0.15) is 19.3 Å². The Morgan fingerprint density at radius 1 is 1.40 bits per heavy atom. The number of nitro groups is 1. The highest BCUT2D eigenvalue weighted by molar-refractivity contribution is 8.15. The lowest BCUT2D eigenvalue weighted by molar-refractivity contribution is -0.384. The van der Waals surface area contributed by atoms with Crippen LogP contribution >= 0.6 is 23.4 Å². The number of hydrogen-bond donors (Lipinski definition) is 2. The van der Waals surface area contributed by atoms with E-state index in [1.54, 1.807) is 0 Å². The van der Waals surface area contributed by atoms with E-state index in [2.05, 4.69) is 22.8 Å². The number of halogens is 1. The van der Waals surface area contributed by atoms with E-state index in [9.17, 15) is 19.7 Å². The highest BCUT2D eigenvalue weighted by atomic mass is 35.5. The Balaban J connectivity index is 1.24. The van der Waals surface area contributed by atoms with E-state index in [0.29, 0.717) is 23.4 Å². The van der Waals surface area contributed by atoms with Crippen LogP contribution in [0.15, 0.2) is 35.3 Å². The molecule has 3 aliphatic rings. The number of carbonyl (C=O) groups excluding carboxylic acids is 2. The quantitative estimate of drug-likeness (QED) is 0.386. The zero-order chi connectivity index (χ0) is 21.3. The minimum Gasteiger partial charge on any atom is -0.449 e. The van der Waals surface area contributed by atoms with Crippen molar-refractivity contribution in [2.75, 3.05) is 11.9 Å². The number of aliphatic imine (C=N–C) groups is 1. The van der Waals surface area contributed by atoms with E-state index in [1.165, 1.54) is 23.9 Å². The molecule has 4 unspecified atom stereocenters. The molecule has 158 valence electrons. The van der Waals surface area contributed by atoms with Crippen molar-refractivity contribution in [3.05, 3.63) is 45.5 Å². The van der Waals surface area contributed by atoms with E-state index in [0.717, 1.165) is 18.9 Å². The zero-order valence-corrected chi connectivity index (χ0v) is 17.3. The molecule has 2 aliphatic carbocycles. The molecule has 1 aliphatic heterocycles. The minimum atomic E-state index is -0.766. The minimum absolute atomic E-state index is 0.0246. The molecule has 4 rings (SSSR count). The van der Waals surface area contributed by atoms with Crippen molar-refractivity contribution in [2.24, 2.45) is 16.8 Å². The smallest absolute Gasteiger partial charge is 0.411 e. The van der Waals surface area contributed by atoms with Gasteiger partial charge in [-0.05, 0) is 36.8 Å². The third-order valence-electron chi connectivity index (χ3n) is 5.31. The predicted octanol–water partition coefficient (Wildman–Crippen LogP) is 3.74.